The van der Waals surface area contributed by atoms with Gasteiger partial charge in [-0.05, 0) is 43.3 Å². The Morgan fingerprint density at radius 2 is 1.69 bits per heavy atom. The average molecular weight is 418 g/mol. The van der Waals surface area contributed by atoms with Gasteiger partial charge in [-0.25, -0.2) is 4.79 Å². The first kappa shape index (κ1) is 20.9. The highest BCUT2D eigenvalue weighted by Gasteiger charge is 2.31. The van der Waals surface area contributed by atoms with E-state index in [4.69, 9.17) is 11.6 Å². The van der Waals surface area contributed by atoms with E-state index in [0.717, 1.165) is 5.69 Å². The van der Waals surface area contributed by atoms with Crippen LogP contribution in [0.3, 0.4) is 0 Å². The second kappa shape index (κ2) is 9.58. The van der Waals surface area contributed by atoms with Gasteiger partial charge in [-0.15, -0.1) is 0 Å². The predicted molar refractivity (Wildman–Crippen MR) is 112 cm³/mol. The van der Waals surface area contributed by atoms with Crippen LogP contribution >= 0.6 is 11.6 Å². The summed E-state index contributed by atoms with van der Waals surface area (Å²) in [5.41, 5.74) is 1.59. The molecule has 2 aromatic rings. The highest BCUT2D eigenvalue weighted by Crippen LogP contribution is 2.16. The van der Waals surface area contributed by atoms with Crippen molar-refractivity contribution in [3.63, 3.8) is 0 Å². The van der Waals surface area contributed by atoms with Gasteiger partial charge in [0.2, 0.25) is 5.91 Å². The molecule has 2 unspecified atom stereocenters. The van der Waals surface area contributed by atoms with E-state index in [2.05, 4.69) is 20.5 Å². The van der Waals surface area contributed by atoms with Crippen LogP contribution in [-0.4, -0.2) is 65.3 Å². The molecule has 154 valence electrons. The van der Waals surface area contributed by atoms with Gasteiger partial charge in [0, 0.05) is 55.0 Å². The molecule has 3 rings (SSSR count). The molecular weight excluding hydrogens is 394 g/mol. The SMILES string of the molecule is CC(O)C(NC(=O)Nc1ccc(Cl)cc1)C(=O)N1CCN(c2ccncc2)CC1. The van der Waals surface area contributed by atoms with Crippen molar-refractivity contribution in [3.8, 4) is 0 Å². The minimum Gasteiger partial charge on any atom is -0.391 e. The van der Waals surface area contributed by atoms with Crippen LogP contribution in [0.4, 0.5) is 16.2 Å². The van der Waals surface area contributed by atoms with Crippen LogP contribution in [-0.2, 0) is 4.79 Å². The van der Waals surface area contributed by atoms with E-state index >= 15 is 0 Å². The molecule has 0 radical (unpaired) electrons. The molecule has 1 aliphatic heterocycles. The number of aromatic nitrogens is 1. The fourth-order valence-corrected chi connectivity index (χ4v) is 3.29. The predicted octanol–water partition coefficient (Wildman–Crippen LogP) is 1.95. The topological polar surface area (TPSA) is 97.8 Å². The molecule has 2 atom stereocenters. The zero-order valence-corrected chi connectivity index (χ0v) is 16.8. The Morgan fingerprint density at radius 3 is 2.28 bits per heavy atom. The summed E-state index contributed by atoms with van der Waals surface area (Å²) in [6, 6.07) is 8.86. The van der Waals surface area contributed by atoms with Crippen molar-refractivity contribution < 1.29 is 14.7 Å². The smallest absolute Gasteiger partial charge is 0.319 e. The van der Waals surface area contributed by atoms with Crippen LogP contribution in [0.5, 0.6) is 0 Å². The third-order valence-corrected chi connectivity index (χ3v) is 5.01. The molecule has 1 aromatic heterocycles. The van der Waals surface area contributed by atoms with Crippen LogP contribution in [0.15, 0.2) is 48.8 Å². The number of halogens is 1. The first-order chi connectivity index (χ1) is 13.9. The van der Waals surface area contributed by atoms with Crippen LogP contribution < -0.4 is 15.5 Å². The second-order valence-electron chi connectivity index (χ2n) is 6.84. The Bertz CT molecular complexity index is 824. The van der Waals surface area contributed by atoms with Crippen molar-refractivity contribution in [1.29, 1.82) is 0 Å². The number of piperazine rings is 1. The summed E-state index contributed by atoms with van der Waals surface area (Å²) in [6.45, 7) is 3.83. The Balaban J connectivity index is 1.56. The molecule has 29 heavy (non-hydrogen) atoms. The maximum Gasteiger partial charge on any atom is 0.319 e. The zero-order chi connectivity index (χ0) is 20.8. The molecule has 0 saturated carbocycles. The summed E-state index contributed by atoms with van der Waals surface area (Å²) < 4.78 is 0. The van der Waals surface area contributed by atoms with E-state index in [1.165, 1.54) is 6.92 Å². The maximum atomic E-state index is 12.9. The number of hydrogen-bond donors (Lipinski definition) is 3. The normalized spacial score (nSPS) is 16.1. The fourth-order valence-electron chi connectivity index (χ4n) is 3.17. The molecule has 1 aromatic carbocycles. The maximum absolute atomic E-state index is 12.9. The third kappa shape index (κ3) is 5.58. The summed E-state index contributed by atoms with van der Waals surface area (Å²) in [7, 11) is 0. The molecular formula is C20H24ClN5O3. The Labute approximate surface area is 174 Å². The van der Waals surface area contributed by atoms with E-state index < -0.39 is 18.2 Å². The van der Waals surface area contributed by atoms with Crippen LogP contribution in [0, 0.1) is 0 Å². The lowest BCUT2D eigenvalue weighted by molar-refractivity contribution is -0.135. The van der Waals surface area contributed by atoms with E-state index in [0.29, 0.717) is 36.9 Å². The van der Waals surface area contributed by atoms with Crippen molar-refractivity contribution >= 4 is 34.9 Å². The number of pyridine rings is 1. The van der Waals surface area contributed by atoms with Gasteiger partial charge in [-0.1, -0.05) is 11.6 Å². The number of carbonyl (C=O) groups excluding carboxylic acids is 2. The molecule has 1 fully saturated rings. The molecule has 2 heterocycles. The molecule has 9 heteroatoms. The molecule has 0 bridgehead atoms. The van der Waals surface area contributed by atoms with Crippen molar-refractivity contribution in [3.05, 3.63) is 53.8 Å². The molecule has 3 amide bonds. The Morgan fingerprint density at radius 1 is 1.07 bits per heavy atom. The number of nitrogens with one attached hydrogen (secondary N) is 2. The summed E-state index contributed by atoms with van der Waals surface area (Å²) in [5.74, 6) is -0.305. The largest absolute Gasteiger partial charge is 0.391 e. The Hall–Kier alpha value is -2.84. The summed E-state index contributed by atoms with van der Waals surface area (Å²) in [4.78, 5) is 33.0. The standard InChI is InChI=1S/C20H24ClN5O3/c1-14(27)18(24-20(29)23-16-4-2-15(21)3-5-16)19(28)26-12-10-25(11-13-26)17-6-8-22-9-7-17/h2-9,14,18,27H,10-13H2,1H3,(H2,23,24,29). The van der Waals surface area contributed by atoms with Crippen LogP contribution in [0.1, 0.15) is 6.92 Å². The number of urea groups is 1. The van der Waals surface area contributed by atoms with Gasteiger partial charge < -0.3 is 25.5 Å². The van der Waals surface area contributed by atoms with E-state index in [-0.39, 0.29) is 5.91 Å². The van der Waals surface area contributed by atoms with E-state index in [9.17, 15) is 14.7 Å². The summed E-state index contributed by atoms with van der Waals surface area (Å²) >= 11 is 5.83. The number of hydrogen-bond acceptors (Lipinski definition) is 5. The minimum atomic E-state index is -1.03. The van der Waals surface area contributed by atoms with Crippen molar-refractivity contribution in [2.75, 3.05) is 36.4 Å². The zero-order valence-electron chi connectivity index (χ0n) is 16.1. The van der Waals surface area contributed by atoms with E-state index in [1.54, 1.807) is 41.6 Å². The molecule has 1 saturated heterocycles. The number of aliphatic hydroxyl groups is 1. The quantitative estimate of drug-likeness (QED) is 0.690. The van der Waals surface area contributed by atoms with Gasteiger partial charge in [0.15, 0.2) is 0 Å². The van der Waals surface area contributed by atoms with E-state index in [1.807, 2.05) is 12.1 Å². The van der Waals surface area contributed by atoms with Gasteiger partial charge in [-0.3, -0.25) is 9.78 Å². The van der Waals surface area contributed by atoms with Crippen LogP contribution in [0.2, 0.25) is 5.02 Å². The van der Waals surface area contributed by atoms with Gasteiger partial charge in [0.05, 0.1) is 6.10 Å². The lowest BCUT2D eigenvalue weighted by atomic mass is 10.1. The number of carbonyl (C=O) groups is 2. The highest BCUT2D eigenvalue weighted by molar-refractivity contribution is 6.30. The first-order valence-electron chi connectivity index (χ1n) is 9.39. The second-order valence-corrected chi connectivity index (χ2v) is 7.28. The average Bonchev–Trinajstić information content (AvgIpc) is 2.74. The number of aliphatic hydroxyl groups excluding tert-OH is 1. The van der Waals surface area contributed by atoms with Crippen molar-refractivity contribution in [2.45, 2.75) is 19.1 Å². The number of benzene rings is 1. The van der Waals surface area contributed by atoms with Gasteiger partial charge in [-0.2, -0.15) is 0 Å². The minimum absolute atomic E-state index is 0.305. The van der Waals surface area contributed by atoms with Crippen LogP contribution in [0.25, 0.3) is 0 Å². The number of rotatable bonds is 5. The van der Waals surface area contributed by atoms with Gasteiger partial charge in [0.1, 0.15) is 6.04 Å². The summed E-state index contributed by atoms with van der Waals surface area (Å²) in [6.07, 6.45) is 2.44. The monoisotopic (exact) mass is 417 g/mol. The lowest BCUT2D eigenvalue weighted by Gasteiger charge is -2.38. The molecule has 1 aliphatic rings. The molecule has 8 nitrogen and oxygen atoms in total. The summed E-state index contributed by atoms with van der Waals surface area (Å²) in [5, 5.41) is 15.8. The van der Waals surface area contributed by atoms with Crippen molar-refractivity contribution in [1.82, 2.24) is 15.2 Å². The third-order valence-electron chi connectivity index (χ3n) is 4.76. The number of anilines is 2. The molecule has 3 N–H and O–H groups in total. The molecule has 0 aliphatic carbocycles. The highest BCUT2D eigenvalue weighted by atomic mass is 35.5. The van der Waals surface area contributed by atoms with Crippen molar-refractivity contribution in [2.24, 2.45) is 0 Å². The molecule has 0 spiro atoms. The number of amides is 3. The Kier molecular flexibility index (Phi) is 6.90. The van der Waals surface area contributed by atoms with Gasteiger partial charge >= 0.3 is 6.03 Å². The first-order valence-corrected chi connectivity index (χ1v) is 9.77. The number of nitrogens with zero attached hydrogens (tertiary/aromatic N) is 3. The lowest BCUT2D eigenvalue weighted by Crippen LogP contribution is -2.58. The fraction of sp³-hybridized carbons (Fsp3) is 0.350. The van der Waals surface area contributed by atoms with Gasteiger partial charge in [0.25, 0.3) is 0 Å².